The van der Waals surface area contributed by atoms with E-state index in [0.29, 0.717) is 6.04 Å². The SMILES string of the molecule is CCCCCCN1CC(C#N)CCC1C. The van der Waals surface area contributed by atoms with Crippen molar-refractivity contribution in [3.05, 3.63) is 0 Å². The van der Waals surface area contributed by atoms with Crippen LogP contribution in [0.3, 0.4) is 0 Å². The van der Waals surface area contributed by atoms with Gasteiger partial charge in [0.05, 0.1) is 12.0 Å². The van der Waals surface area contributed by atoms with E-state index in [4.69, 9.17) is 5.26 Å². The first-order valence-electron chi connectivity index (χ1n) is 6.41. The average Bonchev–Trinajstić information content (AvgIpc) is 2.26. The van der Waals surface area contributed by atoms with Crippen LogP contribution in [0, 0.1) is 17.2 Å². The summed E-state index contributed by atoms with van der Waals surface area (Å²) >= 11 is 0. The first-order valence-corrected chi connectivity index (χ1v) is 6.41. The van der Waals surface area contributed by atoms with Crippen molar-refractivity contribution in [1.29, 1.82) is 5.26 Å². The molecule has 0 N–H and O–H groups in total. The van der Waals surface area contributed by atoms with Crippen LogP contribution in [0.4, 0.5) is 0 Å². The lowest BCUT2D eigenvalue weighted by Crippen LogP contribution is -2.41. The van der Waals surface area contributed by atoms with Crippen LogP contribution in [-0.4, -0.2) is 24.0 Å². The Morgan fingerprint density at radius 3 is 2.73 bits per heavy atom. The molecule has 0 spiro atoms. The fraction of sp³-hybridized carbons (Fsp3) is 0.923. The lowest BCUT2D eigenvalue weighted by molar-refractivity contribution is 0.135. The maximum atomic E-state index is 8.93. The summed E-state index contributed by atoms with van der Waals surface area (Å²) < 4.78 is 0. The van der Waals surface area contributed by atoms with E-state index in [1.165, 1.54) is 38.6 Å². The second-order valence-corrected chi connectivity index (χ2v) is 4.81. The summed E-state index contributed by atoms with van der Waals surface area (Å²) in [7, 11) is 0. The number of hydrogen-bond donors (Lipinski definition) is 0. The maximum absolute atomic E-state index is 8.93. The molecule has 1 rings (SSSR count). The minimum Gasteiger partial charge on any atom is -0.299 e. The van der Waals surface area contributed by atoms with E-state index < -0.39 is 0 Å². The van der Waals surface area contributed by atoms with E-state index >= 15 is 0 Å². The molecule has 0 amide bonds. The number of piperidine rings is 1. The molecule has 2 atom stereocenters. The molecule has 2 unspecified atom stereocenters. The lowest BCUT2D eigenvalue weighted by atomic mass is 9.94. The Hall–Kier alpha value is -0.550. The molecule has 2 heteroatoms. The Kier molecular flexibility index (Phi) is 5.71. The summed E-state index contributed by atoms with van der Waals surface area (Å²) in [6.07, 6.45) is 7.60. The van der Waals surface area contributed by atoms with Crippen molar-refractivity contribution < 1.29 is 0 Å². The highest BCUT2D eigenvalue weighted by molar-refractivity contribution is 4.90. The Balaban J connectivity index is 2.23. The van der Waals surface area contributed by atoms with Gasteiger partial charge in [0, 0.05) is 12.6 Å². The van der Waals surface area contributed by atoms with Gasteiger partial charge in [0.25, 0.3) is 0 Å². The summed E-state index contributed by atoms with van der Waals surface area (Å²) in [5.41, 5.74) is 0. The van der Waals surface area contributed by atoms with Crippen LogP contribution >= 0.6 is 0 Å². The molecule has 2 nitrogen and oxygen atoms in total. The maximum Gasteiger partial charge on any atom is 0.0669 e. The van der Waals surface area contributed by atoms with Crippen molar-refractivity contribution >= 4 is 0 Å². The van der Waals surface area contributed by atoms with Crippen molar-refractivity contribution in [3.63, 3.8) is 0 Å². The summed E-state index contributed by atoms with van der Waals surface area (Å²) in [6, 6.07) is 3.11. The zero-order chi connectivity index (χ0) is 11.1. The van der Waals surface area contributed by atoms with E-state index in [9.17, 15) is 0 Å². The summed E-state index contributed by atoms with van der Waals surface area (Å²) in [5.74, 6) is 0.285. The van der Waals surface area contributed by atoms with Crippen LogP contribution in [0.1, 0.15) is 52.4 Å². The number of rotatable bonds is 5. The molecule has 0 aromatic heterocycles. The second-order valence-electron chi connectivity index (χ2n) is 4.81. The lowest BCUT2D eigenvalue weighted by Gasteiger charge is -2.35. The molecule has 0 bridgehead atoms. The van der Waals surface area contributed by atoms with Gasteiger partial charge in [-0.05, 0) is 32.7 Å². The van der Waals surface area contributed by atoms with E-state index in [0.717, 1.165) is 13.0 Å². The third kappa shape index (κ3) is 4.22. The zero-order valence-corrected chi connectivity index (χ0v) is 10.2. The highest BCUT2D eigenvalue weighted by Gasteiger charge is 2.24. The van der Waals surface area contributed by atoms with Crippen molar-refractivity contribution in [2.75, 3.05) is 13.1 Å². The number of nitriles is 1. The van der Waals surface area contributed by atoms with Crippen molar-refractivity contribution in [2.45, 2.75) is 58.4 Å². The summed E-state index contributed by atoms with van der Waals surface area (Å²) in [5, 5.41) is 8.93. The van der Waals surface area contributed by atoms with Crippen LogP contribution in [0.5, 0.6) is 0 Å². The fourth-order valence-electron chi connectivity index (χ4n) is 2.34. The van der Waals surface area contributed by atoms with Gasteiger partial charge in [0.2, 0.25) is 0 Å². The van der Waals surface area contributed by atoms with Crippen LogP contribution in [0.2, 0.25) is 0 Å². The first-order chi connectivity index (χ1) is 7.27. The Labute approximate surface area is 94.3 Å². The highest BCUT2D eigenvalue weighted by atomic mass is 15.2. The molecule has 0 aromatic carbocycles. The van der Waals surface area contributed by atoms with Gasteiger partial charge in [0.1, 0.15) is 0 Å². The molecule has 86 valence electrons. The van der Waals surface area contributed by atoms with Gasteiger partial charge in [-0.1, -0.05) is 26.2 Å². The standard InChI is InChI=1S/C13H24N2/c1-3-4-5-6-9-15-11-13(10-14)8-7-12(15)2/h12-13H,3-9,11H2,1-2H3. The third-order valence-electron chi connectivity index (χ3n) is 3.49. The summed E-state index contributed by atoms with van der Waals surface area (Å²) in [4.78, 5) is 2.51. The van der Waals surface area contributed by atoms with Crippen LogP contribution < -0.4 is 0 Å². The van der Waals surface area contributed by atoms with Crippen molar-refractivity contribution in [3.8, 4) is 6.07 Å². The molecule has 1 heterocycles. The normalized spacial score (nSPS) is 27.5. The molecule has 1 fully saturated rings. The Morgan fingerprint density at radius 1 is 1.27 bits per heavy atom. The molecule has 1 aliphatic rings. The molecular weight excluding hydrogens is 184 g/mol. The molecule has 15 heavy (non-hydrogen) atoms. The predicted molar refractivity (Wildman–Crippen MR) is 63.5 cm³/mol. The molecule has 0 saturated carbocycles. The second kappa shape index (κ2) is 6.85. The largest absolute Gasteiger partial charge is 0.299 e. The van der Waals surface area contributed by atoms with Crippen molar-refractivity contribution in [1.82, 2.24) is 4.90 Å². The molecule has 0 aromatic rings. The number of likely N-dealkylation sites (tertiary alicyclic amines) is 1. The van der Waals surface area contributed by atoms with E-state index in [2.05, 4.69) is 24.8 Å². The first kappa shape index (κ1) is 12.5. The minimum atomic E-state index is 0.285. The van der Waals surface area contributed by atoms with Crippen LogP contribution in [0.15, 0.2) is 0 Å². The third-order valence-corrected chi connectivity index (χ3v) is 3.49. The fourth-order valence-corrected chi connectivity index (χ4v) is 2.34. The molecular formula is C13H24N2. The Morgan fingerprint density at radius 2 is 2.07 bits per heavy atom. The summed E-state index contributed by atoms with van der Waals surface area (Å²) in [6.45, 7) is 6.74. The van der Waals surface area contributed by atoms with Gasteiger partial charge in [0.15, 0.2) is 0 Å². The van der Waals surface area contributed by atoms with E-state index in [1.807, 2.05) is 0 Å². The van der Waals surface area contributed by atoms with E-state index in [1.54, 1.807) is 0 Å². The molecule has 0 radical (unpaired) electrons. The van der Waals surface area contributed by atoms with Gasteiger partial charge in [-0.15, -0.1) is 0 Å². The zero-order valence-electron chi connectivity index (χ0n) is 10.2. The van der Waals surface area contributed by atoms with Crippen LogP contribution in [0.25, 0.3) is 0 Å². The quantitative estimate of drug-likeness (QED) is 0.649. The molecule has 1 aliphatic heterocycles. The van der Waals surface area contributed by atoms with Gasteiger partial charge in [-0.3, -0.25) is 4.90 Å². The monoisotopic (exact) mass is 208 g/mol. The molecule has 1 saturated heterocycles. The topological polar surface area (TPSA) is 27.0 Å². The van der Waals surface area contributed by atoms with Gasteiger partial charge in [-0.2, -0.15) is 5.26 Å². The number of hydrogen-bond acceptors (Lipinski definition) is 2. The van der Waals surface area contributed by atoms with Crippen LogP contribution in [-0.2, 0) is 0 Å². The Bertz CT molecular complexity index is 207. The van der Waals surface area contributed by atoms with Gasteiger partial charge >= 0.3 is 0 Å². The number of unbranched alkanes of at least 4 members (excludes halogenated alkanes) is 3. The van der Waals surface area contributed by atoms with Gasteiger partial charge in [-0.25, -0.2) is 0 Å². The minimum absolute atomic E-state index is 0.285. The van der Waals surface area contributed by atoms with Gasteiger partial charge < -0.3 is 0 Å². The highest BCUT2D eigenvalue weighted by Crippen LogP contribution is 2.21. The number of nitrogens with zero attached hydrogens (tertiary/aromatic N) is 2. The van der Waals surface area contributed by atoms with Crippen molar-refractivity contribution in [2.24, 2.45) is 5.92 Å². The smallest absolute Gasteiger partial charge is 0.0669 e. The molecule has 0 aliphatic carbocycles. The van der Waals surface area contributed by atoms with E-state index in [-0.39, 0.29) is 5.92 Å². The predicted octanol–water partition coefficient (Wildman–Crippen LogP) is 3.19. The average molecular weight is 208 g/mol.